The lowest BCUT2D eigenvalue weighted by Crippen LogP contribution is -2.24. The van der Waals surface area contributed by atoms with Crippen molar-refractivity contribution < 1.29 is 4.79 Å². The van der Waals surface area contributed by atoms with Crippen molar-refractivity contribution >= 4 is 11.7 Å². The molecule has 136 valence electrons. The van der Waals surface area contributed by atoms with E-state index in [1.165, 1.54) is 5.56 Å². The highest BCUT2D eigenvalue weighted by atomic mass is 16.1. The molecule has 3 aromatic rings. The van der Waals surface area contributed by atoms with Crippen LogP contribution in [0.3, 0.4) is 0 Å². The number of anilines is 1. The quantitative estimate of drug-likeness (QED) is 0.700. The van der Waals surface area contributed by atoms with Crippen LogP contribution >= 0.6 is 0 Å². The smallest absolute Gasteiger partial charge is 0.270 e. The van der Waals surface area contributed by atoms with Gasteiger partial charge in [0.25, 0.3) is 5.91 Å². The molecule has 0 atom stereocenters. The fourth-order valence-electron chi connectivity index (χ4n) is 2.77. The second kappa shape index (κ2) is 7.58. The highest BCUT2D eigenvalue weighted by Gasteiger charge is 2.22. The lowest BCUT2D eigenvalue weighted by molar-refractivity contribution is 0.0946. The lowest BCUT2D eigenvalue weighted by Gasteiger charge is -2.10. The Labute approximate surface area is 158 Å². The second-order valence-electron chi connectivity index (χ2n) is 6.91. The van der Waals surface area contributed by atoms with Crippen LogP contribution in [-0.4, -0.2) is 21.9 Å². The largest absolute Gasteiger partial charge is 0.367 e. The number of aromatic nitrogens is 2. The van der Waals surface area contributed by atoms with Crippen LogP contribution in [-0.2, 0) is 6.54 Å². The average molecular weight is 358 g/mol. The molecule has 0 aliphatic heterocycles. The van der Waals surface area contributed by atoms with Crippen molar-refractivity contribution in [2.75, 3.05) is 5.32 Å². The van der Waals surface area contributed by atoms with Crippen LogP contribution in [0, 0.1) is 6.92 Å². The number of aryl methyl sites for hydroxylation is 1. The van der Waals surface area contributed by atoms with Crippen molar-refractivity contribution in [1.82, 2.24) is 15.3 Å². The maximum Gasteiger partial charge on any atom is 0.270 e. The van der Waals surface area contributed by atoms with E-state index >= 15 is 0 Å². The van der Waals surface area contributed by atoms with Gasteiger partial charge >= 0.3 is 0 Å². The van der Waals surface area contributed by atoms with E-state index in [4.69, 9.17) is 0 Å². The number of rotatable bonds is 6. The molecule has 0 radical (unpaired) electrons. The molecule has 1 aliphatic carbocycles. The normalized spacial score (nSPS) is 13.2. The Morgan fingerprint density at radius 3 is 2.48 bits per heavy atom. The Bertz CT molecular complexity index is 934. The summed E-state index contributed by atoms with van der Waals surface area (Å²) in [5, 5.41) is 6.32. The molecule has 1 fully saturated rings. The van der Waals surface area contributed by atoms with E-state index in [0.29, 0.717) is 29.9 Å². The number of benzene rings is 2. The van der Waals surface area contributed by atoms with Gasteiger partial charge in [0.1, 0.15) is 11.5 Å². The van der Waals surface area contributed by atoms with Gasteiger partial charge in [0.15, 0.2) is 5.82 Å². The molecule has 5 heteroatoms. The van der Waals surface area contributed by atoms with E-state index in [-0.39, 0.29) is 5.91 Å². The molecule has 0 spiro atoms. The van der Waals surface area contributed by atoms with Gasteiger partial charge in [0.2, 0.25) is 0 Å². The minimum Gasteiger partial charge on any atom is -0.367 e. The summed E-state index contributed by atoms with van der Waals surface area (Å²) in [7, 11) is 0. The number of nitrogens with zero attached hydrogens (tertiary/aromatic N) is 2. The first kappa shape index (κ1) is 17.2. The summed E-state index contributed by atoms with van der Waals surface area (Å²) < 4.78 is 0. The summed E-state index contributed by atoms with van der Waals surface area (Å²) in [6.07, 6.45) is 2.28. The Kier molecular flexibility index (Phi) is 4.83. The third-order valence-electron chi connectivity index (χ3n) is 4.49. The molecule has 4 rings (SSSR count). The zero-order chi connectivity index (χ0) is 18.6. The van der Waals surface area contributed by atoms with Crippen molar-refractivity contribution in [1.29, 1.82) is 0 Å². The zero-order valence-corrected chi connectivity index (χ0v) is 15.3. The van der Waals surface area contributed by atoms with Crippen LogP contribution < -0.4 is 10.6 Å². The molecule has 0 saturated heterocycles. The number of nitrogens with one attached hydrogen (secondary N) is 2. The third-order valence-corrected chi connectivity index (χ3v) is 4.49. The van der Waals surface area contributed by atoms with Crippen LogP contribution in [0.5, 0.6) is 0 Å². The van der Waals surface area contributed by atoms with Crippen molar-refractivity contribution in [3.63, 3.8) is 0 Å². The van der Waals surface area contributed by atoms with Crippen molar-refractivity contribution in [2.45, 2.75) is 32.4 Å². The van der Waals surface area contributed by atoms with Crippen LogP contribution in [0.4, 0.5) is 5.82 Å². The SMILES string of the molecule is Cc1ccc(CNC(=O)c2cc(NC3CC3)nc(-c3ccccc3)n2)cc1. The van der Waals surface area contributed by atoms with Crippen LogP contribution in [0.25, 0.3) is 11.4 Å². The Morgan fingerprint density at radius 2 is 1.78 bits per heavy atom. The predicted octanol–water partition coefficient (Wildman–Crippen LogP) is 3.96. The van der Waals surface area contributed by atoms with E-state index in [9.17, 15) is 4.79 Å². The van der Waals surface area contributed by atoms with Gasteiger partial charge in [-0.3, -0.25) is 4.79 Å². The third kappa shape index (κ3) is 4.50. The molecule has 2 N–H and O–H groups in total. The first-order valence-electron chi connectivity index (χ1n) is 9.22. The summed E-state index contributed by atoms with van der Waals surface area (Å²) in [5.74, 6) is 1.06. The Hall–Kier alpha value is -3.21. The lowest BCUT2D eigenvalue weighted by atomic mass is 10.1. The van der Waals surface area contributed by atoms with E-state index < -0.39 is 0 Å². The zero-order valence-electron chi connectivity index (χ0n) is 15.3. The molecule has 0 unspecified atom stereocenters. The minimum atomic E-state index is -0.200. The summed E-state index contributed by atoms with van der Waals surface area (Å²) in [5.41, 5.74) is 3.52. The molecule has 0 bridgehead atoms. The number of hydrogen-bond donors (Lipinski definition) is 2. The van der Waals surface area contributed by atoms with Gasteiger partial charge in [-0.2, -0.15) is 0 Å². The molecule has 1 heterocycles. The number of hydrogen-bond acceptors (Lipinski definition) is 4. The fraction of sp³-hybridized carbons (Fsp3) is 0.227. The number of carbonyl (C=O) groups excluding carboxylic acids is 1. The summed E-state index contributed by atoms with van der Waals surface area (Å²) in [6, 6.07) is 20.0. The van der Waals surface area contributed by atoms with Crippen molar-refractivity contribution in [3.05, 3.63) is 77.5 Å². The Morgan fingerprint density at radius 1 is 1.04 bits per heavy atom. The summed E-state index contributed by atoms with van der Waals surface area (Å²) in [6.45, 7) is 2.51. The van der Waals surface area contributed by atoms with Crippen molar-refractivity contribution in [2.24, 2.45) is 0 Å². The maximum absolute atomic E-state index is 12.7. The number of carbonyl (C=O) groups is 1. The molecule has 5 nitrogen and oxygen atoms in total. The van der Waals surface area contributed by atoms with E-state index in [2.05, 4.69) is 20.6 Å². The summed E-state index contributed by atoms with van der Waals surface area (Å²) >= 11 is 0. The fourth-order valence-corrected chi connectivity index (χ4v) is 2.77. The van der Waals surface area contributed by atoms with Gasteiger partial charge in [0, 0.05) is 24.2 Å². The van der Waals surface area contributed by atoms with Crippen LogP contribution in [0.15, 0.2) is 60.7 Å². The molecular formula is C22H22N4O. The molecule has 1 aromatic heterocycles. The molecule has 1 saturated carbocycles. The molecule has 2 aromatic carbocycles. The van der Waals surface area contributed by atoms with Crippen LogP contribution in [0.1, 0.15) is 34.5 Å². The average Bonchev–Trinajstić information content (AvgIpc) is 3.52. The minimum absolute atomic E-state index is 0.200. The summed E-state index contributed by atoms with van der Waals surface area (Å²) in [4.78, 5) is 21.8. The van der Waals surface area contributed by atoms with Crippen molar-refractivity contribution in [3.8, 4) is 11.4 Å². The van der Waals surface area contributed by atoms with E-state index in [1.54, 1.807) is 6.07 Å². The van der Waals surface area contributed by atoms with E-state index in [0.717, 1.165) is 24.0 Å². The molecule has 27 heavy (non-hydrogen) atoms. The standard InChI is InChI=1S/C22H22N4O/c1-15-7-9-16(10-8-15)14-23-22(27)19-13-20(24-18-11-12-18)26-21(25-19)17-5-3-2-4-6-17/h2-10,13,18H,11-12,14H2,1H3,(H,23,27)(H,24,25,26). The highest BCUT2D eigenvalue weighted by Crippen LogP contribution is 2.25. The van der Waals surface area contributed by atoms with Gasteiger partial charge < -0.3 is 10.6 Å². The molecular weight excluding hydrogens is 336 g/mol. The van der Waals surface area contributed by atoms with Gasteiger partial charge in [-0.1, -0.05) is 60.2 Å². The molecule has 1 aliphatic rings. The van der Waals surface area contributed by atoms with E-state index in [1.807, 2.05) is 61.5 Å². The highest BCUT2D eigenvalue weighted by molar-refractivity contribution is 5.93. The van der Waals surface area contributed by atoms with Gasteiger partial charge in [0.05, 0.1) is 0 Å². The van der Waals surface area contributed by atoms with Crippen LogP contribution in [0.2, 0.25) is 0 Å². The second-order valence-corrected chi connectivity index (χ2v) is 6.91. The van der Waals surface area contributed by atoms with Gasteiger partial charge in [-0.15, -0.1) is 0 Å². The predicted molar refractivity (Wildman–Crippen MR) is 106 cm³/mol. The number of amides is 1. The maximum atomic E-state index is 12.7. The Balaban J connectivity index is 1.56. The monoisotopic (exact) mass is 358 g/mol. The topological polar surface area (TPSA) is 66.9 Å². The van der Waals surface area contributed by atoms with Gasteiger partial charge in [-0.25, -0.2) is 9.97 Å². The first-order chi connectivity index (χ1) is 13.2. The molecule has 1 amide bonds. The van der Waals surface area contributed by atoms with Gasteiger partial charge in [-0.05, 0) is 25.3 Å². The first-order valence-corrected chi connectivity index (χ1v) is 9.22.